The summed E-state index contributed by atoms with van der Waals surface area (Å²) >= 11 is 0. The molecule has 0 aliphatic carbocycles. The molecule has 2 aromatic rings. The average molecular weight is 278 g/mol. The van der Waals surface area contributed by atoms with Crippen LogP contribution in [0.1, 0.15) is 17.4 Å². The van der Waals surface area contributed by atoms with Gasteiger partial charge >= 0.3 is 0 Å². The molecule has 2 N–H and O–H groups in total. The molecule has 20 heavy (non-hydrogen) atoms. The van der Waals surface area contributed by atoms with Gasteiger partial charge in [0.05, 0.1) is 12.4 Å². The van der Waals surface area contributed by atoms with E-state index >= 15 is 0 Å². The number of nitrogens with zero attached hydrogens (tertiary/aromatic N) is 2. The fourth-order valence-electron chi connectivity index (χ4n) is 1.56. The molecule has 2 rings (SSSR count). The second kappa shape index (κ2) is 6.05. The van der Waals surface area contributed by atoms with Gasteiger partial charge in [0.25, 0.3) is 5.91 Å². The van der Waals surface area contributed by atoms with Crippen LogP contribution in [-0.4, -0.2) is 22.4 Å². The van der Waals surface area contributed by atoms with Gasteiger partial charge in [0, 0.05) is 18.3 Å². The number of rotatable bonds is 4. The number of benzene rings is 1. The summed E-state index contributed by atoms with van der Waals surface area (Å²) in [4.78, 5) is 19.8. The van der Waals surface area contributed by atoms with Crippen molar-refractivity contribution in [2.45, 2.75) is 6.92 Å². The van der Waals surface area contributed by atoms with Gasteiger partial charge in [0.2, 0.25) is 0 Å². The molecule has 0 unspecified atom stereocenters. The Labute approximate surface area is 114 Å². The average Bonchev–Trinajstić information content (AvgIpc) is 2.38. The Morgan fingerprint density at radius 3 is 2.55 bits per heavy atom. The van der Waals surface area contributed by atoms with Crippen molar-refractivity contribution in [2.24, 2.45) is 0 Å². The first-order valence-electron chi connectivity index (χ1n) is 5.92. The fraction of sp³-hybridized carbons (Fsp3) is 0.154. The van der Waals surface area contributed by atoms with Crippen LogP contribution in [0.15, 0.2) is 30.6 Å². The maximum absolute atomic E-state index is 13.0. The minimum absolute atomic E-state index is 0.0168. The summed E-state index contributed by atoms with van der Waals surface area (Å²) in [5, 5.41) is 5.27. The quantitative estimate of drug-likeness (QED) is 0.901. The summed E-state index contributed by atoms with van der Waals surface area (Å²) in [6.07, 6.45) is 2.74. The molecular formula is C13H12F2N4O. The number of nitrogens with one attached hydrogen (secondary N) is 2. The summed E-state index contributed by atoms with van der Waals surface area (Å²) in [6.45, 7) is 2.51. The van der Waals surface area contributed by atoms with Crippen molar-refractivity contribution in [3.63, 3.8) is 0 Å². The van der Waals surface area contributed by atoms with Crippen LogP contribution in [-0.2, 0) is 0 Å². The molecule has 0 aliphatic rings. The molecule has 5 nitrogen and oxygen atoms in total. The Kier molecular flexibility index (Phi) is 4.19. The standard InChI is InChI=1S/C13H12F2N4O/c1-2-17-12-7-16-6-11(19-12)13(20)18-10-4-8(14)3-9(15)5-10/h3-7H,2H2,1H3,(H,17,19)(H,18,20). The number of carbonyl (C=O) groups is 1. The maximum Gasteiger partial charge on any atom is 0.275 e. The zero-order valence-electron chi connectivity index (χ0n) is 10.7. The van der Waals surface area contributed by atoms with Crippen molar-refractivity contribution in [1.29, 1.82) is 0 Å². The summed E-state index contributed by atoms with van der Waals surface area (Å²) < 4.78 is 26.0. The Bertz CT molecular complexity index is 613. The van der Waals surface area contributed by atoms with Gasteiger partial charge in [-0.25, -0.2) is 13.8 Å². The van der Waals surface area contributed by atoms with E-state index in [1.165, 1.54) is 12.4 Å². The van der Waals surface area contributed by atoms with Gasteiger partial charge in [0.15, 0.2) is 0 Å². The number of hydrogen-bond donors (Lipinski definition) is 2. The van der Waals surface area contributed by atoms with Gasteiger partial charge < -0.3 is 10.6 Å². The third-order valence-electron chi connectivity index (χ3n) is 2.35. The first kappa shape index (κ1) is 13.9. The van der Waals surface area contributed by atoms with Crippen molar-refractivity contribution in [1.82, 2.24) is 9.97 Å². The minimum atomic E-state index is -0.771. The van der Waals surface area contributed by atoms with Gasteiger partial charge in [0.1, 0.15) is 23.1 Å². The highest BCUT2D eigenvalue weighted by Gasteiger charge is 2.10. The van der Waals surface area contributed by atoms with E-state index < -0.39 is 17.5 Å². The smallest absolute Gasteiger partial charge is 0.275 e. The lowest BCUT2D eigenvalue weighted by molar-refractivity contribution is 0.102. The molecule has 104 valence electrons. The van der Waals surface area contributed by atoms with E-state index in [9.17, 15) is 13.6 Å². The Morgan fingerprint density at radius 2 is 1.90 bits per heavy atom. The zero-order valence-corrected chi connectivity index (χ0v) is 10.7. The lowest BCUT2D eigenvalue weighted by atomic mass is 10.3. The highest BCUT2D eigenvalue weighted by Crippen LogP contribution is 2.14. The van der Waals surface area contributed by atoms with Crippen LogP contribution in [0, 0.1) is 11.6 Å². The third-order valence-corrected chi connectivity index (χ3v) is 2.35. The van der Waals surface area contributed by atoms with Crippen LogP contribution < -0.4 is 10.6 Å². The molecular weight excluding hydrogens is 266 g/mol. The highest BCUT2D eigenvalue weighted by molar-refractivity contribution is 6.02. The SMILES string of the molecule is CCNc1cncc(C(=O)Nc2cc(F)cc(F)c2)n1. The molecule has 1 aromatic carbocycles. The number of aromatic nitrogens is 2. The second-order valence-electron chi connectivity index (χ2n) is 3.93. The van der Waals surface area contributed by atoms with Crippen molar-refractivity contribution < 1.29 is 13.6 Å². The van der Waals surface area contributed by atoms with Crippen LogP contribution in [0.25, 0.3) is 0 Å². The second-order valence-corrected chi connectivity index (χ2v) is 3.93. The molecule has 0 aliphatic heterocycles. The molecule has 1 aromatic heterocycles. The van der Waals surface area contributed by atoms with E-state index in [0.717, 1.165) is 18.2 Å². The molecule has 0 radical (unpaired) electrons. The van der Waals surface area contributed by atoms with Gasteiger partial charge in [-0.1, -0.05) is 0 Å². The van der Waals surface area contributed by atoms with E-state index in [1.807, 2.05) is 6.92 Å². The molecule has 0 spiro atoms. The van der Waals surface area contributed by atoms with E-state index in [1.54, 1.807) is 0 Å². The molecule has 0 bridgehead atoms. The number of hydrogen-bond acceptors (Lipinski definition) is 4. The lowest BCUT2D eigenvalue weighted by Gasteiger charge is -2.06. The molecule has 0 saturated carbocycles. The molecule has 0 saturated heterocycles. The van der Waals surface area contributed by atoms with Crippen LogP contribution in [0.3, 0.4) is 0 Å². The largest absolute Gasteiger partial charge is 0.369 e. The summed E-state index contributed by atoms with van der Waals surface area (Å²) in [6, 6.07) is 2.76. The van der Waals surface area contributed by atoms with Crippen molar-refractivity contribution in [3.05, 3.63) is 47.9 Å². The van der Waals surface area contributed by atoms with E-state index in [4.69, 9.17) is 0 Å². The normalized spacial score (nSPS) is 10.2. The highest BCUT2D eigenvalue weighted by atomic mass is 19.1. The van der Waals surface area contributed by atoms with Crippen molar-refractivity contribution in [3.8, 4) is 0 Å². The Hall–Kier alpha value is -2.57. The molecule has 0 fully saturated rings. The first-order valence-corrected chi connectivity index (χ1v) is 5.92. The van der Waals surface area contributed by atoms with Crippen LogP contribution in [0.2, 0.25) is 0 Å². The van der Waals surface area contributed by atoms with Crippen molar-refractivity contribution >= 4 is 17.4 Å². The van der Waals surface area contributed by atoms with Gasteiger partial charge in [-0.15, -0.1) is 0 Å². The summed E-state index contributed by atoms with van der Waals surface area (Å²) in [5.74, 6) is -1.69. The first-order chi connectivity index (χ1) is 9.58. The van der Waals surface area contributed by atoms with E-state index in [-0.39, 0.29) is 11.4 Å². The van der Waals surface area contributed by atoms with E-state index in [2.05, 4.69) is 20.6 Å². The topological polar surface area (TPSA) is 66.9 Å². The number of carbonyl (C=O) groups excluding carboxylic acids is 1. The lowest BCUT2D eigenvalue weighted by Crippen LogP contribution is -2.15. The summed E-state index contributed by atoms with van der Waals surface area (Å²) in [7, 11) is 0. The van der Waals surface area contributed by atoms with Crippen LogP contribution in [0.5, 0.6) is 0 Å². The van der Waals surface area contributed by atoms with Crippen LogP contribution >= 0.6 is 0 Å². The Balaban J connectivity index is 2.17. The number of anilines is 2. The maximum atomic E-state index is 13.0. The molecule has 1 heterocycles. The van der Waals surface area contributed by atoms with Crippen LogP contribution in [0.4, 0.5) is 20.3 Å². The summed E-state index contributed by atoms with van der Waals surface area (Å²) in [5.41, 5.74) is 0.0660. The van der Waals surface area contributed by atoms with E-state index in [0.29, 0.717) is 12.4 Å². The predicted molar refractivity (Wildman–Crippen MR) is 70.5 cm³/mol. The minimum Gasteiger partial charge on any atom is -0.369 e. The van der Waals surface area contributed by atoms with Crippen molar-refractivity contribution in [2.75, 3.05) is 17.2 Å². The Morgan fingerprint density at radius 1 is 1.20 bits per heavy atom. The fourth-order valence-corrected chi connectivity index (χ4v) is 1.56. The molecule has 7 heteroatoms. The van der Waals surface area contributed by atoms with Gasteiger partial charge in [-0.3, -0.25) is 9.78 Å². The zero-order chi connectivity index (χ0) is 14.5. The molecule has 1 amide bonds. The molecule has 0 atom stereocenters. The number of amides is 1. The van der Waals surface area contributed by atoms with Gasteiger partial charge in [-0.2, -0.15) is 0 Å². The number of halogens is 2. The third kappa shape index (κ3) is 3.47. The predicted octanol–water partition coefficient (Wildman–Crippen LogP) is 2.44. The van der Waals surface area contributed by atoms with Gasteiger partial charge in [-0.05, 0) is 19.1 Å². The monoisotopic (exact) mass is 278 g/mol.